The van der Waals surface area contributed by atoms with Gasteiger partial charge in [-0.3, -0.25) is 4.79 Å². The number of hydrogen-bond donors (Lipinski definition) is 1. The highest BCUT2D eigenvalue weighted by atomic mass is 32.2. The van der Waals surface area contributed by atoms with Crippen LogP contribution in [-0.2, 0) is 0 Å². The van der Waals surface area contributed by atoms with E-state index in [1.807, 2.05) is 17.5 Å². The first-order chi connectivity index (χ1) is 11.6. The Hall–Kier alpha value is -2.19. The second-order valence-electron chi connectivity index (χ2n) is 5.04. The molecule has 0 radical (unpaired) electrons. The van der Waals surface area contributed by atoms with E-state index in [0.717, 1.165) is 4.88 Å². The number of nitrogens with two attached hydrogens (primary N) is 1. The van der Waals surface area contributed by atoms with Gasteiger partial charge in [0.15, 0.2) is 11.6 Å². The van der Waals surface area contributed by atoms with Gasteiger partial charge < -0.3 is 5.84 Å². The molecule has 24 heavy (non-hydrogen) atoms. The van der Waals surface area contributed by atoms with Gasteiger partial charge in [0.1, 0.15) is 5.82 Å². The highest BCUT2D eigenvalue weighted by molar-refractivity contribution is 7.99. The summed E-state index contributed by atoms with van der Waals surface area (Å²) in [5.74, 6) is 7.01. The first-order valence-electron chi connectivity index (χ1n) is 7.31. The van der Waals surface area contributed by atoms with Crippen LogP contribution in [0.5, 0.6) is 0 Å². The Labute approximate surface area is 146 Å². The fraction of sp³-hybridized carbons (Fsp3) is 0.188. The topological polar surface area (TPSA) is 73.8 Å². The van der Waals surface area contributed by atoms with Gasteiger partial charge in [-0.1, -0.05) is 17.8 Å². The molecular weight excluding hydrogens is 347 g/mol. The van der Waals surface area contributed by atoms with E-state index in [2.05, 4.69) is 10.2 Å². The van der Waals surface area contributed by atoms with Gasteiger partial charge in [-0.15, -0.1) is 21.5 Å². The van der Waals surface area contributed by atoms with E-state index in [-0.39, 0.29) is 11.6 Å². The quantitative estimate of drug-likeness (QED) is 0.301. The number of hydrogen-bond acceptors (Lipinski definition) is 6. The van der Waals surface area contributed by atoms with Crippen molar-refractivity contribution in [1.82, 2.24) is 14.9 Å². The number of nitrogens with zero attached hydrogens (tertiary/aromatic N) is 3. The number of carbonyl (C=O) groups excluding carboxylic acids is 1. The number of thioether (sulfide) groups is 1. The molecule has 0 fully saturated rings. The molecule has 3 rings (SSSR count). The lowest BCUT2D eigenvalue weighted by Crippen LogP contribution is -2.11. The zero-order chi connectivity index (χ0) is 16.9. The third kappa shape index (κ3) is 3.82. The molecule has 2 aromatic heterocycles. The Balaban J connectivity index is 1.50. The third-order valence-electron chi connectivity index (χ3n) is 3.35. The van der Waals surface area contributed by atoms with Crippen LogP contribution in [0.15, 0.2) is 46.9 Å². The van der Waals surface area contributed by atoms with E-state index < -0.39 is 0 Å². The maximum atomic E-state index is 12.8. The fourth-order valence-electron chi connectivity index (χ4n) is 2.13. The summed E-state index contributed by atoms with van der Waals surface area (Å²) >= 11 is 3.01. The molecule has 0 spiro atoms. The van der Waals surface area contributed by atoms with Gasteiger partial charge in [0.2, 0.25) is 5.16 Å². The van der Waals surface area contributed by atoms with E-state index in [9.17, 15) is 9.18 Å². The van der Waals surface area contributed by atoms with Gasteiger partial charge in [-0.05, 0) is 42.1 Å². The normalized spacial score (nSPS) is 10.9. The van der Waals surface area contributed by atoms with Crippen molar-refractivity contribution < 1.29 is 9.18 Å². The molecule has 8 heteroatoms. The van der Waals surface area contributed by atoms with Crippen molar-refractivity contribution >= 4 is 28.9 Å². The van der Waals surface area contributed by atoms with Crippen LogP contribution in [0.2, 0.25) is 0 Å². The lowest BCUT2D eigenvalue weighted by Gasteiger charge is -2.03. The summed E-state index contributed by atoms with van der Waals surface area (Å²) in [5, 5.41) is 10.8. The zero-order valence-corrected chi connectivity index (χ0v) is 14.3. The maximum absolute atomic E-state index is 12.8. The van der Waals surface area contributed by atoms with Crippen molar-refractivity contribution in [2.75, 3.05) is 11.6 Å². The Morgan fingerprint density at radius 1 is 1.25 bits per heavy atom. The van der Waals surface area contributed by atoms with Crippen molar-refractivity contribution in [3.63, 3.8) is 0 Å². The first kappa shape index (κ1) is 16.7. The molecule has 0 saturated heterocycles. The van der Waals surface area contributed by atoms with E-state index in [1.165, 1.54) is 40.7 Å². The minimum Gasteiger partial charge on any atom is -0.335 e. The van der Waals surface area contributed by atoms with Crippen molar-refractivity contribution in [2.24, 2.45) is 0 Å². The van der Waals surface area contributed by atoms with E-state index in [4.69, 9.17) is 5.84 Å². The number of thiophene rings is 1. The lowest BCUT2D eigenvalue weighted by atomic mass is 10.1. The number of benzene rings is 1. The number of carbonyl (C=O) groups is 1. The predicted molar refractivity (Wildman–Crippen MR) is 94.2 cm³/mol. The van der Waals surface area contributed by atoms with Crippen molar-refractivity contribution in [2.45, 2.75) is 18.0 Å². The number of nitrogen functional groups attached to an aromatic ring is 1. The fourth-order valence-corrected chi connectivity index (χ4v) is 3.63. The van der Waals surface area contributed by atoms with Crippen LogP contribution >= 0.6 is 23.1 Å². The summed E-state index contributed by atoms with van der Waals surface area (Å²) in [6.07, 6.45) is 1.08. The maximum Gasteiger partial charge on any atom is 0.210 e. The third-order valence-corrected chi connectivity index (χ3v) is 5.25. The molecule has 2 heterocycles. The zero-order valence-electron chi connectivity index (χ0n) is 12.7. The van der Waals surface area contributed by atoms with Crippen LogP contribution in [0.1, 0.15) is 23.2 Å². The minimum absolute atomic E-state index is 0.00379. The average Bonchev–Trinajstić information content (AvgIpc) is 3.22. The number of aromatic nitrogens is 3. The molecule has 0 aliphatic carbocycles. The summed E-state index contributed by atoms with van der Waals surface area (Å²) in [6.45, 7) is 0. The molecule has 5 nitrogen and oxygen atoms in total. The number of ketones is 1. The number of halogens is 1. The molecule has 0 unspecified atom stereocenters. The van der Waals surface area contributed by atoms with Gasteiger partial charge in [0.25, 0.3) is 0 Å². The Morgan fingerprint density at radius 2 is 2.04 bits per heavy atom. The molecule has 1 aromatic carbocycles. The average molecular weight is 362 g/mol. The van der Waals surface area contributed by atoms with Crippen LogP contribution in [-0.4, -0.2) is 26.4 Å². The highest BCUT2D eigenvalue weighted by Crippen LogP contribution is 2.25. The summed E-state index contributed by atoms with van der Waals surface area (Å²) in [6, 6.07) is 9.48. The second kappa shape index (κ2) is 7.59. The molecule has 2 N–H and O–H groups in total. The van der Waals surface area contributed by atoms with Crippen molar-refractivity contribution in [3.8, 4) is 10.7 Å². The SMILES string of the molecule is Nn1c(SCCCC(=O)c2ccc(F)cc2)nnc1-c1cccs1. The first-order valence-corrected chi connectivity index (χ1v) is 9.17. The van der Waals surface area contributed by atoms with Gasteiger partial charge in [-0.2, -0.15) is 0 Å². The van der Waals surface area contributed by atoms with E-state index in [1.54, 1.807) is 11.3 Å². The van der Waals surface area contributed by atoms with Crippen molar-refractivity contribution in [3.05, 3.63) is 53.2 Å². The minimum atomic E-state index is -0.342. The van der Waals surface area contributed by atoms with Gasteiger partial charge >= 0.3 is 0 Å². The van der Waals surface area contributed by atoms with E-state index >= 15 is 0 Å². The van der Waals surface area contributed by atoms with Gasteiger partial charge in [0, 0.05) is 17.7 Å². The lowest BCUT2D eigenvalue weighted by molar-refractivity contribution is 0.0982. The standard InChI is InChI=1S/C16H15FN4OS2/c17-12-7-5-11(6-8-12)13(22)3-1-10-24-16-20-19-15(21(16)18)14-4-2-9-23-14/h2,4-9H,1,3,10,18H2. The summed E-state index contributed by atoms with van der Waals surface area (Å²) < 4.78 is 14.3. The van der Waals surface area contributed by atoms with Crippen molar-refractivity contribution in [1.29, 1.82) is 0 Å². The Bertz CT molecular complexity index is 815. The van der Waals surface area contributed by atoms with Crippen LogP contribution < -0.4 is 5.84 Å². The Morgan fingerprint density at radius 3 is 2.75 bits per heavy atom. The highest BCUT2D eigenvalue weighted by Gasteiger charge is 2.13. The molecule has 0 saturated carbocycles. The molecule has 0 atom stereocenters. The number of Topliss-reactive ketones (excluding diaryl/α,β-unsaturated/α-hetero) is 1. The monoisotopic (exact) mass is 362 g/mol. The van der Waals surface area contributed by atoms with Crippen LogP contribution in [0.25, 0.3) is 10.7 Å². The van der Waals surface area contributed by atoms with Gasteiger partial charge in [-0.25, -0.2) is 9.07 Å². The molecular formula is C16H15FN4OS2. The molecule has 0 aliphatic heterocycles. The number of rotatable bonds is 7. The molecule has 3 aromatic rings. The molecule has 0 bridgehead atoms. The van der Waals surface area contributed by atoms with Crippen LogP contribution in [0, 0.1) is 5.82 Å². The Kier molecular flexibility index (Phi) is 5.27. The summed E-state index contributed by atoms with van der Waals surface area (Å²) in [7, 11) is 0. The largest absolute Gasteiger partial charge is 0.335 e. The summed E-state index contributed by atoms with van der Waals surface area (Å²) in [5.41, 5.74) is 0.531. The van der Waals surface area contributed by atoms with Crippen LogP contribution in [0.3, 0.4) is 0 Å². The van der Waals surface area contributed by atoms with Gasteiger partial charge in [0.05, 0.1) is 4.88 Å². The molecule has 124 valence electrons. The molecule has 0 aliphatic rings. The smallest absolute Gasteiger partial charge is 0.210 e. The van der Waals surface area contributed by atoms with E-state index in [0.29, 0.717) is 35.1 Å². The summed E-state index contributed by atoms with van der Waals surface area (Å²) in [4.78, 5) is 13.0. The predicted octanol–water partition coefficient (Wildman–Crippen LogP) is 3.61. The second-order valence-corrected chi connectivity index (χ2v) is 7.05. The van der Waals surface area contributed by atoms with Crippen LogP contribution in [0.4, 0.5) is 4.39 Å². The molecule has 0 amide bonds.